The Morgan fingerprint density at radius 3 is 2.50 bits per heavy atom. The van der Waals surface area contributed by atoms with Gasteiger partial charge < -0.3 is 10.6 Å². The molecule has 0 bridgehead atoms. The van der Waals surface area contributed by atoms with Crippen molar-refractivity contribution in [2.45, 2.75) is 13.3 Å². The van der Waals surface area contributed by atoms with Crippen LogP contribution in [0.25, 0.3) is 0 Å². The van der Waals surface area contributed by atoms with Gasteiger partial charge in [-0.1, -0.05) is 33.6 Å². The van der Waals surface area contributed by atoms with Crippen LogP contribution in [0.15, 0.2) is 53.0 Å². The minimum atomic E-state index is -0.167. The topological polar surface area (TPSA) is 58.2 Å². The molecule has 5 heteroatoms. The van der Waals surface area contributed by atoms with E-state index in [2.05, 4.69) is 26.6 Å². The Kier molecular flexibility index (Phi) is 5.72. The van der Waals surface area contributed by atoms with Crippen molar-refractivity contribution in [2.24, 2.45) is 0 Å². The van der Waals surface area contributed by atoms with Crippen LogP contribution in [-0.2, 0) is 4.79 Å². The average molecular weight is 361 g/mol. The van der Waals surface area contributed by atoms with E-state index >= 15 is 0 Å². The summed E-state index contributed by atoms with van der Waals surface area (Å²) in [6.45, 7) is 2.23. The summed E-state index contributed by atoms with van der Waals surface area (Å²) in [6.07, 6.45) is 0.230. The number of carbonyl (C=O) groups is 2. The van der Waals surface area contributed by atoms with E-state index in [4.69, 9.17) is 0 Å². The van der Waals surface area contributed by atoms with Crippen molar-refractivity contribution in [2.75, 3.05) is 11.9 Å². The minimum absolute atomic E-state index is 0.133. The number of hydrogen-bond donors (Lipinski definition) is 2. The van der Waals surface area contributed by atoms with Gasteiger partial charge in [-0.2, -0.15) is 0 Å². The Bertz CT molecular complexity index is 669. The van der Waals surface area contributed by atoms with Gasteiger partial charge in [0, 0.05) is 28.7 Å². The van der Waals surface area contributed by atoms with Gasteiger partial charge in [0.25, 0.3) is 5.91 Å². The van der Waals surface area contributed by atoms with Crippen LogP contribution in [0.1, 0.15) is 22.3 Å². The van der Waals surface area contributed by atoms with Crippen LogP contribution >= 0.6 is 15.9 Å². The summed E-state index contributed by atoms with van der Waals surface area (Å²) in [5.74, 6) is -0.299. The van der Waals surface area contributed by atoms with Crippen LogP contribution in [0.2, 0.25) is 0 Å². The van der Waals surface area contributed by atoms with E-state index < -0.39 is 0 Å². The van der Waals surface area contributed by atoms with Crippen LogP contribution in [0.4, 0.5) is 5.69 Å². The molecule has 0 aliphatic rings. The maximum absolute atomic E-state index is 11.9. The Balaban J connectivity index is 1.77. The quantitative estimate of drug-likeness (QED) is 0.856. The second-order valence-corrected chi connectivity index (χ2v) is 5.85. The second kappa shape index (κ2) is 7.75. The summed E-state index contributed by atoms with van der Waals surface area (Å²) < 4.78 is 0.955. The molecule has 0 fully saturated rings. The number of hydrogen-bond acceptors (Lipinski definition) is 2. The smallest absolute Gasteiger partial charge is 0.251 e. The van der Waals surface area contributed by atoms with Crippen LogP contribution in [0.5, 0.6) is 0 Å². The van der Waals surface area contributed by atoms with Gasteiger partial charge in [-0.25, -0.2) is 0 Å². The summed E-state index contributed by atoms with van der Waals surface area (Å²) in [5.41, 5.74) is 2.37. The highest BCUT2D eigenvalue weighted by atomic mass is 79.9. The van der Waals surface area contributed by atoms with Gasteiger partial charge in [0.1, 0.15) is 0 Å². The van der Waals surface area contributed by atoms with Crippen LogP contribution < -0.4 is 10.6 Å². The van der Waals surface area contributed by atoms with E-state index in [0.29, 0.717) is 12.1 Å². The number of nitrogens with one attached hydrogen (secondary N) is 2. The molecule has 0 atom stereocenters. The lowest BCUT2D eigenvalue weighted by Gasteiger charge is -2.07. The molecule has 2 amide bonds. The minimum Gasteiger partial charge on any atom is -0.352 e. The van der Waals surface area contributed by atoms with Gasteiger partial charge in [-0.3, -0.25) is 9.59 Å². The molecule has 4 nitrogen and oxygen atoms in total. The molecule has 0 aliphatic carbocycles. The molecule has 0 spiro atoms. The van der Waals surface area contributed by atoms with Gasteiger partial charge in [0.05, 0.1) is 0 Å². The number of aryl methyl sites for hydroxylation is 1. The van der Waals surface area contributed by atoms with Crippen molar-refractivity contribution in [3.05, 3.63) is 64.1 Å². The highest BCUT2D eigenvalue weighted by Crippen LogP contribution is 2.14. The van der Waals surface area contributed by atoms with E-state index in [9.17, 15) is 9.59 Å². The van der Waals surface area contributed by atoms with E-state index in [1.165, 1.54) is 0 Å². The SMILES string of the molecule is Cc1cccc(C(=O)NCCC(=O)Nc2ccc(Br)cc2)c1. The maximum Gasteiger partial charge on any atom is 0.251 e. The number of anilines is 1. The molecule has 0 saturated carbocycles. The van der Waals surface area contributed by atoms with Gasteiger partial charge >= 0.3 is 0 Å². The molecule has 0 unspecified atom stereocenters. The molecule has 0 aliphatic heterocycles. The molecule has 22 heavy (non-hydrogen) atoms. The normalized spacial score (nSPS) is 10.1. The first kappa shape index (κ1) is 16.2. The number of carbonyl (C=O) groups excluding carboxylic acids is 2. The van der Waals surface area contributed by atoms with Crippen LogP contribution in [0, 0.1) is 6.92 Å². The van der Waals surface area contributed by atoms with E-state index in [-0.39, 0.29) is 18.2 Å². The molecule has 114 valence electrons. The number of rotatable bonds is 5. The van der Waals surface area contributed by atoms with Crippen molar-refractivity contribution in [3.8, 4) is 0 Å². The third-order valence-corrected chi connectivity index (χ3v) is 3.57. The summed E-state index contributed by atoms with van der Waals surface area (Å²) in [5, 5.41) is 5.53. The Morgan fingerprint density at radius 1 is 1.09 bits per heavy atom. The van der Waals surface area contributed by atoms with Crippen LogP contribution in [-0.4, -0.2) is 18.4 Å². The zero-order valence-corrected chi connectivity index (χ0v) is 13.8. The van der Waals surface area contributed by atoms with Crippen molar-refractivity contribution in [1.29, 1.82) is 0 Å². The fraction of sp³-hybridized carbons (Fsp3) is 0.176. The molecular formula is C17H17BrN2O2. The summed E-state index contributed by atoms with van der Waals surface area (Å²) in [4.78, 5) is 23.7. The van der Waals surface area contributed by atoms with E-state index in [1.54, 1.807) is 6.07 Å². The molecule has 2 N–H and O–H groups in total. The standard InChI is InChI=1S/C17H17BrN2O2/c1-12-3-2-4-13(11-12)17(22)19-10-9-16(21)20-15-7-5-14(18)6-8-15/h2-8,11H,9-10H2,1H3,(H,19,22)(H,20,21). The Hall–Kier alpha value is -2.14. The average Bonchev–Trinajstić information content (AvgIpc) is 2.49. The van der Waals surface area contributed by atoms with Crippen molar-refractivity contribution in [3.63, 3.8) is 0 Å². The lowest BCUT2D eigenvalue weighted by Crippen LogP contribution is -2.27. The van der Waals surface area contributed by atoms with Gasteiger partial charge in [-0.15, -0.1) is 0 Å². The molecule has 0 saturated heterocycles. The largest absolute Gasteiger partial charge is 0.352 e. The predicted molar refractivity (Wildman–Crippen MR) is 90.9 cm³/mol. The fourth-order valence-corrected chi connectivity index (χ4v) is 2.20. The van der Waals surface area contributed by atoms with Crippen LogP contribution in [0.3, 0.4) is 0 Å². The fourth-order valence-electron chi connectivity index (χ4n) is 1.93. The molecular weight excluding hydrogens is 344 g/mol. The first-order chi connectivity index (χ1) is 10.5. The molecule has 2 aromatic carbocycles. The van der Waals surface area contributed by atoms with Gasteiger partial charge in [0.15, 0.2) is 0 Å². The molecule has 2 rings (SSSR count). The molecule has 2 aromatic rings. The zero-order valence-electron chi connectivity index (χ0n) is 12.2. The second-order valence-electron chi connectivity index (χ2n) is 4.93. The third-order valence-electron chi connectivity index (χ3n) is 3.05. The maximum atomic E-state index is 11.9. The number of amides is 2. The summed E-state index contributed by atoms with van der Waals surface area (Å²) in [6, 6.07) is 14.7. The predicted octanol–water partition coefficient (Wildman–Crippen LogP) is 3.52. The summed E-state index contributed by atoms with van der Waals surface area (Å²) >= 11 is 3.34. The number of halogens is 1. The molecule has 0 aromatic heterocycles. The van der Waals surface area contributed by atoms with Crippen molar-refractivity contribution >= 4 is 33.4 Å². The molecule has 0 radical (unpaired) electrons. The first-order valence-electron chi connectivity index (χ1n) is 6.95. The first-order valence-corrected chi connectivity index (χ1v) is 7.74. The van der Waals surface area contributed by atoms with Crippen molar-refractivity contribution in [1.82, 2.24) is 5.32 Å². The van der Waals surface area contributed by atoms with Crippen molar-refractivity contribution < 1.29 is 9.59 Å². The lowest BCUT2D eigenvalue weighted by molar-refractivity contribution is -0.116. The Labute approximate surface area is 138 Å². The molecule has 0 heterocycles. The zero-order chi connectivity index (χ0) is 15.9. The highest BCUT2D eigenvalue weighted by molar-refractivity contribution is 9.10. The summed E-state index contributed by atoms with van der Waals surface area (Å²) in [7, 11) is 0. The van der Waals surface area contributed by atoms with Gasteiger partial charge in [0.2, 0.25) is 5.91 Å². The Morgan fingerprint density at radius 2 is 1.82 bits per heavy atom. The highest BCUT2D eigenvalue weighted by Gasteiger charge is 2.07. The number of benzene rings is 2. The monoisotopic (exact) mass is 360 g/mol. The third kappa shape index (κ3) is 5.00. The van der Waals surface area contributed by atoms with E-state index in [1.807, 2.05) is 49.4 Å². The van der Waals surface area contributed by atoms with Gasteiger partial charge in [-0.05, 0) is 43.3 Å². The van der Waals surface area contributed by atoms with E-state index in [0.717, 1.165) is 15.7 Å². The lowest BCUT2D eigenvalue weighted by atomic mass is 10.1.